The third-order valence-corrected chi connectivity index (χ3v) is 5.78. The van der Waals surface area contributed by atoms with Crippen molar-refractivity contribution >= 4 is 16.3 Å². The van der Waals surface area contributed by atoms with Gasteiger partial charge in [0.2, 0.25) is 0 Å². The lowest BCUT2D eigenvalue weighted by atomic mass is 9.99. The van der Waals surface area contributed by atoms with Gasteiger partial charge in [-0.2, -0.15) is 0 Å². The summed E-state index contributed by atoms with van der Waals surface area (Å²) < 4.78 is 27.1. The van der Waals surface area contributed by atoms with Crippen LogP contribution >= 0.6 is 0 Å². The van der Waals surface area contributed by atoms with Crippen LogP contribution in [0.4, 0.5) is 8.78 Å². The summed E-state index contributed by atoms with van der Waals surface area (Å²) in [4.78, 5) is 17.0. The zero-order chi connectivity index (χ0) is 21.3. The second kappa shape index (κ2) is 8.50. The van der Waals surface area contributed by atoms with E-state index < -0.39 is 17.6 Å². The number of pyridine rings is 1. The molecule has 0 fully saturated rings. The molecule has 0 saturated heterocycles. The van der Waals surface area contributed by atoms with Gasteiger partial charge in [-0.25, -0.2) is 8.78 Å². The summed E-state index contributed by atoms with van der Waals surface area (Å²) in [7, 11) is 0. The highest BCUT2D eigenvalue weighted by Crippen LogP contribution is 2.24. The van der Waals surface area contributed by atoms with Crippen molar-refractivity contribution < 1.29 is 13.9 Å². The Labute approximate surface area is 173 Å². The van der Waals surface area contributed by atoms with Crippen molar-refractivity contribution in [3.05, 3.63) is 87.3 Å². The molecule has 0 spiro atoms. The van der Waals surface area contributed by atoms with E-state index in [-0.39, 0.29) is 11.2 Å². The Morgan fingerprint density at radius 2 is 1.93 bits per heavy atom. The van der Waals surface area contributed by atoms with Crippen molar-refractivity contribution in [3.8, 4) is 0 Å². The van der Waals surface area contributed by atoms with Crippen LogP contribution in [0.1, 0.15) is 29.7 Å². The Hall–Kier alpha value is -2.83. The van der Waals surface area contributed by atoms with E-state index in [1.54, 1.807) is 24.3 Å². The van der Waals surface area contributed by atoms with Crippen LogP contribution < -0.4 is 5.56 Å². The first-order valence-corrected chi connectivity index (χ1v) is 10.1. The number of benzene rings is 2. The average molecular weight is 410 g/mol. The van der Waals surface area contributed by atoms with Crippen molar-refractivity contribution in [3.63, 3.8) is 0 Å². The van der Waals surface area contributed by atoms with Gasteiger partial charge in [-0.15, -0.1) is 0 Å². The lowest BCUT2D eigenvalue weighted by Crippen LogP contribution is -2.38. The van der Waals surface area contributed by atoms with Crippen LogP contribution in [0.15, 0.2) is 53.3 Å². The monoisotopic (exact) mass is 410 g/mol. The van der Waals surface area contributed by atoms with Gasteiger partial charge in [-0.05, 0) is 72.5 Å². The van der Waals surface area contributed by atoms with E-state index >= 15 is 0 Å². The van der Waals surface area contributed by atoms with Crippen molar-refractivity contribution in [1.82, 2.24) is 9.88 Å². The molecule has 1 unspecified atom stereocenters. The third-order valence-electron chi connectivity index (χ3n) is 5.78. The second-order valence-corrected chi connectivity index (χ2v) is 7.78. The molecule has 2 N–H and O–H groups in total. The van der Waals surface area contributed by atoms with E-state index in [0.717, 1.165) is 23.1 Å². The number of halogens is 2. The molecule has 1 aliphatic rings. The maximum absolute atomic E-state index is 14.0. The van der Waals surface area contributed by atoms with Gasteiger partial charge in [0.15, 0.2) is 0 Å². The number of aromatic amines is 1. The Bertz CT molecular complexity index is 1150. The van der Waals surface area contributed by atoms with Crippen LogP contribution in [0.5, 0.6) is 0 Å². The predicted octanol–water partition coefficient (Wildman–Crippen LogP) is 4.16. The molecule has 2 heterocycles. The molecule has 0 amide bonds. The Balaban J connectivity index is 1.42. The van der Waals surface area contributed by atoms with Crippen LogP contribution in [-0.2, 0) is 6.42 Å². The summed E-state index contributed by atoms with van der Waals surface area (Å²) >= 11 is 0. The molecule has 156 valence electrons. The van der Waals surface area contributed by atoms with Gasteiger partial charge in [0.25, 0.3) is 5.56 Å². The Kier molecular flexibility index (Phi) is 5.79. The third kappa shape index (κ3) is 4.20. The predicted molar refractivity (Wildman–Crippen MR) is 114 cm³/mol. The van der Waals surface area contributed by atoms with Gasteiger partial charge in [0, 0.05) is 18.8 Å². The number of H-pyrrole nitrogens is 1. The molecule has 0 radical (unpaired) electrons. The van der Waals surface area contributed by atoms with Gasteiger partial charge in [-0.3, -0.25) is 9.69 Å². The quantitative estimate of drug-likeness (QED) is 0.664. The lowest BCUT2D eigenvalue weighted by molar-refractivity contribution is 0.00492. The van der Waals surface area contributed by atoms with Crippen molar-refractivity contribution in [2.24, 2.45) is 0 Å². The molecular formula is C24H24F2N2O2. The summed E-state index contributed by atoms with van der Waals surface area (Å²) in [6.45, 7) is 3.15. The molecule has 1 aromatic heterocycles. The highest BCUT2D eigenvalue weighted by Gasteiger charge is 2.20. The van der Waals surface area contributed by atoms with Crippen LogP contribution in [0.25, 0.3) is 16.3 Å². The van der Waals surface area contributed by atoms with E-state index in [4.69, 9.17) is 0 Å². The minimum Gasteiger partial charge on any atom is -0.378 e. The summed E-state index contributed by atoms with van der Waals surface area (Å²) in [5, 5.41) is 11.3. The first-order valence-electron chi connectivity index (χ1n) is 10.1. The van der Waals surface area contributed by atoms with Gasteiger partial charge in [0.1, 0.15) is 17.9 Å². The second-order valence-electron chi connectivity index (χ2n) is 7.78. The van der Waals surface area contributed by atoms with Gasteiger partial charge >= 0.3 is 0 Å². The molecule has 6 heteroatoms. The number of aliphatic hydroxyl groups excluding tert-OH is 1. The molecular weight excluding hydrogens is 386 g/mol. The number of aryl methyl sites for hydroxylation is 2. The number of aliphatic hydroxyl groups is 1. The number of rotatable bonds is 5. The van der Waals surface area contributed by atoms with E-state index in [1.165, 1.54) is 18.2 Å². The van der Waals surface area contributed by atoms with Crippen LogP contribution in [0, 0.1) is 18.6 Å². The SMILES string of the molecule is Cc1ccc(F)c2c(=O)[nH]c(CCC(O)N3CC=C(c4ccc(F)cc4)CC3)cc12. The molecule has 30 heavy (non-hydrogen) atoms. The maximum Gasteiger partial charge on any atom is 0.259 e. The number of nitrogens with one attached hydrogen (secondary N) is 1. The summed E-state index contributed by atoms with van der Waals surface area (Å²) in [6, 6.07) is 11.2. The lowest BCUT2D eigenvalue weighted by Gasteiger charge is -2.31. The molecule has 1 aliphatic heterocycles. The van der Waals surface area contributed by atoms with Crippen molar-refractivity contribution in [2.45, 2.75) is 32.4 Å². The van der Waals surface area contributed by atoms with E-state index in [1.807, 2.05) is 11.8 Å². The first kappa shape index (κ1) is 20.4. The number of hydrogen-bond donors (Lipinski definition) is 2. The molecule has 4 nitrogen and oxygen atoms in total. The number of nitrogens with zero attached hydrogens (tertiary/aromatic N) is 1. The molecule has 0 saturated carbocycles. The molecule has 3 aromatic rings. The largest absolute Gasteiger partial charge is 0.378 e. The minimum atomic E-state index is -0.649. The fourth-order valence-corrected chi connectivity index (χ4v) is 4.02. The fraction of sp³-hybridized carbons (Fsp3) is 0.292. The van der Waals surface area contributed by atoms with Crippen LogP contribution in [0.3, 0.4) is 0 Å². The molecule has 2 aromatic carbocycles. The van der Waals surface area contributed by atoms with Crippen molar-refractivity contribution in [2.75, 3.05) is 13.1 Å². The highest BCUT2D eigenvalue weighted by atomic mass is 19.1. The smallest absolute Gasteiger partial charge is 0.259 e. The van der Waals surface area contributed by atoms with Gasteiger partial charge < -0.3 is 10.1 Å². The van der Waals surface area contributed by atoms with Gasteiger partial charge in [0.05, 0.1) is 5.39 Å². The number of fused-ring (bicyclic) bond motifs is 1. The first-order chi connectivity index (χ1) is 14.4. The zero-order valence-electron chi connectivity index (χ0n) is 16.8. The van der Waals surface area contributed by atoms with Crippen molar-refractivity contribution in [1.29, 1.82) is 0 Å². The van der Waals surface area contributed by atoms with E-state index in [2.05, 4.69) is 11.1 Å². The molecule has 0 aliphatic carbocycles. The number of hydrogen-bond acceptors (Lipinski definition) is 3. The summed E-state index contributed by atoms with van der Waals surface area (Å²) in [5.41, 5.74) is 3.23. The maximum atomic E-state index is 14.0. The van der Waals surface area contributed by atoms with Gasteiger partial charge in [-0.1, -0.05) is 24.3 Å². The van der Waals surface area contributed by atoms with Crippen LogP contribution in [-0.4, -0.2) is 34.3 Å². The Morgan fingerprint density at radius 1 is 1.17 bits per heavy atom. The topological polar surface area (TPSA) is 56.3 Å². The molecule has 0 bridgehead atoms. The highest BCUT2D eigenvalue weighted by molar-refractivity contribution is 5.85. The normalized spacial score (nSPS) is 15.9. The van der Waals surface area contributed by atoms with E-state index in [0.29, 0.717) is 37.0 Å². The fourth-order valence-electron chi connectivity index (χ4n) is 4.02. The minimum absolute atomic E-state index is 0.0776. The number of aromatic nitrogens is 1. The molecule has 1 atom stereocenters. The summed E-state index contributed by atoms with van der Waals surface area (Å²) in [6.07, 6.45) is 3.12. The van der Waals surface area contributed by atoms with Crippen LogP contribution in [0.2, 0.25) is 0 Å². The summed E-state index contributed by atoms with van der Waals surface area (Å²) in [5.74, 6) is -0.780. The zero-order valence-corrected chi connectivity index (χ0v) is 16.8. The molecule has 4 rings (SSSR count). The standard InChI is InChI=1S/C24H24F2N2O2/c1-15-2-8-21(26)23-20(15)14-19(27-24(23)30)7-9-22(29)28-12-10-17(11-13-28)16-3-5-18(25)6-4-16/h2-6,8,10,14,22,29H,7,9,11-13H2,1H3,(H,27,30). The average Bonchev–Trinajstić information content (AvgIpc) is 2.75. The Morgan fingerprint density at radius 3 is 2.63 bits per heavy atom. The van der Waals surface area contributed by atoms with E-state index in [9.17, 15) is 18.7 Å².